The Balaban J connectivity index is -0.0000000800. The van der Waals surface area contributed by atoms with Crippen LogP contribution in [0.3, 0.4) is 0 Å². The van der Waals surface area contributed by atoms with Crippen LogP contribution >= 0.6 is 0 Å². The van der Waals surface area contributed by atoms with Gasteiger partial charge in [-0.3, -0.25) is 0 Å². The van der Waals surface area contributed by atoms with E-state index in [1.165, 1.54) is 0 Å². The minimum atomic E-state index is -0.963. The Morgan fingerprint density at radius 3 is 1.00 bits per heavy atom. The molecule has 0 saturated carbocycles. The monoisotopic (exact) mass is 248 g/mol. The van der Waals surface area contributed by atoms with Gasteiger partial charge >= 0.3 is 59.1 Å². The first-order valence-corrected chi connectivity index (χ1v) is 4.65. The standard InChI is InChI=1S/2C5H10O2.2Na/c2*1-4(2)3-5(6)7;;/h2*4H,3H2,1-2H3,(H,6,7);;/q;;2*+1/p-2. The SMILES string of the molecule is CC(C)CC(=O)[O-].CC(C)CC(=O)[O-].[Na+].[Na+]. The van der Waals surface area contributed by atoms with Crippen LogP contribution in [0.5, 0.6) is 0 Å². The third-order valence-electron chi connectivity index (χ3n) is 1.15. The summed E-state index contributed by atoms with van der Waals surface area (Å²) >= 11 is 0. The third kappa shape index (κ3) is 36.3. The molecule has 0 fully saturated rings. The molecular weight excluding hydrogens is 230 g/mol. The van der Waals surface area contributed by atoms with Gasteiger partial charge < -0.3 is 19.8 Å². The minimum absolute atomic E-state index is 0. The van der Waals surface area contributed by atoms with E-state index in [0.29, 0.717) is 0 Å². The summed E-state index contributed by atoms with van der Waals surface area (Å²) in [5, 5.41) is 19.4. The van der Waals surface area contributed by atoms with Crippen molar-refractivity contribution >= 4 is 11.9 Å². The van der Waals surface area contributed by atoms with E-state index in [2.05, 4.69) is 0 Å². The maximum Gasteiger partial charge on any atom is 1.00 e. The normalized spacial score (nSPS) is 8.38. The zero-order valence-electron chi connectivity index (χ0n) is 11.2. The van der Waals surface area contributed by atoms with Gasteiger partial charge in [-0.15, -0.1) is 0 Å². The molecule has 0 rings (SSSR count). The van der Waals surface area contributed by atoms with Crippen LogP contribution in [0, 0.1) is 11.8 Å². The molecule has 0 atom stereocenters. The van der Waals surface area contributed by atoms with Crippen LogP contribution in [0.25, 0.3) is 0 Å². The minimum Gasteiger partial charge on any atom is -0.550 e. The van der Waals surface area contributed by atoms with Crippen molar-refractivity contribution < 1.29 is 78.9 Å². The largest absolute Gasteiger partial charge is 1.00 e. The number of carbonyl (C=O) groups excluding carboxylic acids is 2. The molecule has 0 N–H and O–H groups in total. The van der Waals surface area contributed by atoms with Crippen molar-refractivity contribution in [1.82, 2.24) is 0 Å². The van der Waals surface area contributed by atoms with Gasteiger partial charge in [0.15, 0.2) is 0 Å². The summed E-state index contributed by atoms with van der Waals surface area (Å²) < 4.78 is 0. The van der Waals surface area contributed by atoms with Crippen LogP contribution in [-0.2, 0) is 9.59 Å². The molecule has 0 unspecified atom stereocenters. The summed E-state index contributed by atoms with van der Waals surface area (Å²) in [5.74, 6) is -1.50. The molecule has 0 aliphatic rings. The number of carboxylic acid groups (broad SMARTS) is 2. The Morgan fingerprint density at radius 1 is 0.812 bits per heavy atom. The second-order valence-corrected chi connectivity index (χ2v) is 3.94. The third-order valence-corrected chi connectivity index (χ3v) is 1.15. The number of aliphatic carboxylic acids is 2. The smallest absolute Gasteiger partial charge is 0.550 e. The fourth-order valence-electron chi connectivity index (χ4n) is 0.667. The van der Waals surface area contributed by atoms with E-state index in [9.17, 15) is 19.8 Å². The molecule has 0 aromatic rings. The summed E-state index contributed by atoms with van der Waals surface area (Å²) in [6, 6.07) is 0. The number of carbonyl (C=O) groups is 2. The van der Waals surface area contributed by atoms with Crippen LogP contribution in [0.2, 0.25) is 0 Å². The van der Waals surface area contributed by atoms with Crippen molar-refractivity contribution in [3.63, 3.8) is 0 Å². The Kier molecular flexibility index (Phi) is 25.6. The summed E-state index contributed by atoms with van der Waals surface area (Å²) in [6.07, 6.45) is 0.333. The summed E-state index contributed by atoms with van der Waals surface area (Å²) in [5.41, 5.74) is 0. The molecule has 0 spiro atoms. The molecule has 0 aliphatic carbocycles. The van der Waals surface area contributed by atoms with Crippen molar-refractivity contribution in [3.8, 4) is 0 Å². The van der Waals surface area contributed by atoms with Crippen LogP contribution in [0.1, 0.15) is 40.5 Å². The Labute approximate surface area is 142 Å². The topological polar surface area (TPSA) is 80.3 Å². The molecule has 6 heteroatoms. The molecule has 0 amide bonds. The molecule has 16 heavy (non-hydrogen) atoms. The van der Waals surface area contributed by atoms with Crippen LogP contribution in [0.15, 0.2) is 0 Å². The van der Waals surface area contributed by atoms with E-state index in [1.807, 2.05) is 27.7 Å². The number of carboxylic acids is 2. The van der Waals surface area contributed by atoms with Crippen LogP contribution < -0.4 is 69.3 Å². The van der Waals surface area contributed by atoms with Crippen molar-refractivity contribution in [2.75, 3.05) is 0 Å². The van der Waals surface area contributed by atoms with E-state index in [-0.39, 0.29) is 83.8 Å². The maximum atomic E-state index is 9.70. The molecule has 0 aliphatic heterocycles. The first-order valence-electron chi connectivity index (χ1n) is 4.65. The maximum absolute atomic E-state index is 9.70. The van der Waals surface area contributed by atoms with Crippen molar-refractivity contribution in [1.29, 1.82) is 0 Å². The zero-order valence-corrected chi connectivity index (χ0v) is 15.2. The van der Waals surface area contributed by atoms with Gasteiger partial charge in [-0.1, -0.05) is 27.7 Å². The molecule has 0 aromatic heterocycles. The molecule has 0 radical (unpaired) electrons. The van der Waals surface area contributed by atoms with E-state index in [0.717, 1.165) is 0 Å². The van der Waals surface area contributed by atoms with Gasteiger partial charge in [0.1, 0.15) is 0 Å². The summed E-state index contributed by atoms with van der Waals surface area (Å²) in [6.45, 7) is 7.37. The zero-order chi connectivity index (χ0) is 11.7. The van der Waals surface area contributed by atoms with Crippen molar-refractivity contribution in [3.05, 3.63) is 0 Å². The molecule has 0 aromatic carbocycles. The van der Waals surface area contributed by atoms with Gasteiger partial charge in [-0.25, -0.2) is 0 Å². The number of hydrogen-bond acceptors (Lipinski definition) is 4. The summed E-state index contributed by atoms with van der Waals surface area (Å²) in [7, 11) is 0. The fraction of sp³-hybridized carbons (Fsp3) is 0.800. The Morgan fingerprint density at radius 2 is 1.00 bits per heavy atom. The predicted octanol–water partition coefficient (Wildman–Crippen LogP) is -6.43. The molecule has 0 bridgehead atoms. The second-order valence-electron chi connectivity index (χ2n) is 3.94. The molecular formula is C10H18Na2O4. The van der Waals surface area contributed by atoms with Crippen LogP contribution in [0.4, 0.5) is 0 Å². The van der Waals surface area contributed by atoms with Gasteiger partial charge in [0.2, 0.25) is 0 Å². The quantitative estimate of drug-likeness (QED) is 0.463. The van der Waals surface area contributed by atoms with E-state index < -0.39 is 11.9 Å². The molecule has 0 saturated heterocycles. The molecule has 4 nitrogen and oxygen atoms in total. The summed E-state index contributed by atoms with van der Waals surface area (Å²) in [4.78, 5) is 19.4. The van der Waals surface area contributed by atoms with Crippen molar-refractivity contribution in [2.24, 2.45) is 11.8 Å². The fourth-order valence-corrected chi connectivity index (χ4v) is 0.667. The van der Waals surface area contributed by atoms with Gasteiger partial charge in [-0.2, -0.15) is 0 Å². The second kappa shape index (κ2) is 15.9. The first kappa shape index (κ1) is 25.7. The van der Waals surface area contributed by atoms with Gasteiger partial charge in [-0.05, 0) is 24.7 Å². The van der Waals surface area contributed by atoms with Gasteiger partial charge in [0.05, 0.1) is 0 Å². The van der Waals surface area contributed by atoms with E-state index >= 15 is 0 Å². The van der Waals surface area contributed by atoms with E-state index in [4.69, 9.17) is 0 Å². The average Bonchev–Trinajstić information content (AvgIpc) is 1.79. The number of hydrogen-bond donors (Lipinski definition) is 0. The van der Waals surface area contributed by atoms with Crippen molar-refractivity contribution in [2.45, 2.75) is 40.5 Å². The predicted molar refractivity (Wildman–Crippen MR) is 48.9 cm³/mol. The Hall–Kier alpha value is 0.940. The number of rotatable bonds is 4. The van der Waals surface area contributed by atoms with E-state index in [1.54, 1.807) is 0 Å². The van der Waals surface area contributed by atoms with Gasteiger partial charge in [0, 0.05) is 11.9 Å². The van der Waals surface area contributed by atoms with Crippen LogP contribution in [-0.4, -0.2) is 11.9 Å². The van der Waals surface area contributed by atoms with Gasteiger partial charge in [0.25, 0.3) is 0 Å². The first-order chi connectivity index (χ1) is 6.25. The average molecular weight is 248 g/mol. The molecule has 0 heterocycles. The Bertz CT molecular complexity index is 162. The molecule has 84 valence electrons.